The van der Waals surface area contributed by atoms with Gasteiger partial charge >= 0.3 is 0 Å². The first-order valence-corrected chi connectivity index (χ1v) is 10.2. The van der Waals surface area contributed by atoms with Crippen molar-refractivity contribution < 1.29 is 14.3 Å². The third-order valence-electron chi connectivity index (χ3n) is 5.43. The molecule has 1 aromatic rings. The largest absolute Gasteiger partial charge is 0.492 e. The van der Waals surface area contributed by atoms with E-state index in [4.69, 9.17) is 4.74 Å². The Hall–Kier alpha value is -1.79. The lowest BCUT2D eigenvalue weighted by molar-refractivity contribution is -0.138. The minimum Gasteiger partial charge on any atom is -0.492 e. The molecule has 3 rings (SSSR count). The number of carbonyl (C=O) groups is 2. The Labute approximate surface area is 174 Å². The van der Waals surface area contributed by atoms with Gasteiger partial charge in [-0.05, 0) is 51.4 Å². The van der Waals surface area contributed by atoms with Gasteiger partial charge in [0, 0.05) is 25.6 Å². The molecule has 1 aromatic carbocycles. The monoisotopic (exact) mass is 409 g/mol. The fourth-order valence-electron chi connectivity index (χ4n) is 4.13. The first kappa shape index (κ1) is 22.5. The number of halogens is 1. The van der Waals surface area contributed by atoms with Gasteiger partial charge in [0.2, 0.25) is 11.8 Å². The van der Waals surface area contributed by atoms with Crippen LogP contribution in [0.25, 0.3) is 0 Å². The molecule has 2 aliphatic heterocycles. The normalized spacial score (nSPS) is 20.0. The van der Waals surface area contributed by atoms with Crippen molar-refractivity contribution in [2.45, 2.75) is 45.6 Å². The summed E-state index contributed by atoms with van der Waals surface area (Å²) in [5.41, 5.74) is 0.767. The molecule has 0 aromatic heterocycles. The van der Waals surface area contributed by atoms with Crippen LogP contribution in [0.2, 0.25) is 0 Å². The van der Waals surface area contributed by atoms with E-state index in [1.165, 1.54) is 0 Å². The van der Waals surface area contributed by atoms with E-state index in [0.717, 1.165) is 44.6 Å². The maximum atomic E-state index is 13.3. The van der Waals surface area contributed by atoms with Gasteiger partial charge in [0.05, 0.1) is 18.2 Å². The number of nitrogens with zero attached hydrogens (tertiary/aromatic N) is 2. The Morgan fingerprint density at radius 3 is 2.64 bits per heavy atom. The fraction of sp³-hybridized carbons (Fsp3) is 0.619. The Balaban J connectivity index is 0.00000280. The van der Waals surface area contributed by atoms with E-state index in [9.17, 15) is 9.59 Å². The number of nitrogens with one attached hydrogen (secondary N) is 1. The summed E-state index contributed by atoms with van der Waals surface area (Å²) >= 11 is 0. The molecule has 2 fully saturated rings. The van der Waals surface area contributed by atoms with Crippen molar-refractivity contribution in [1.29, 1.82) is 0 Å². The lowest BCUT2D eigenvalue weighted by atomic mass is 10.0. The predicted octanol–water partition coefficient (Wildman–Crippen LogP) is 2.85. The summed E-state index contributed by atoms with van der Waals surface area (Å²) in [6.45, 7) is 7.69. The molecular weight excluding hydrogens is 378 g/mol. The molecule has 28 heavy (non-hydrogen) atoms. The number of carbonyl (C=O) groups excluding carboxylic acids is 2. The van der Waals surface area contributed by atoms with E-state index in [0.29, 0.717) is 24.9 Å². The molecule has 0 bridgehead atoms. The van der Waals surface area contributed by atoms with Crippen molar-refractivity contribution in [3.8, 4) is 5.75 Å². The van der Waals surface area contributed by atoms with Crippen molar-refractivity contribution in [1.82, 2.24) is 10.2 Å². The van der Waals surface area contributed by atoms with Crippen LogP contribution in [0, 0.1) is 5.92 Å². The Bertz CT molecular complexity index is 664. The van der Waals surface area contributed by atoms with Crippen molar-refractivity contribution in [2.24, 2.45) is 5.92 Å². The lowest BCUT2D eigenvalue weighted by Crippen LogP contribution is -2.48. The molecule has 0 aliphatic carbocycles. The van der Waals surface area contributed by atoms with Gasteiger partial charge in [-0.1, -0.05) is 19.1 Å². The highest BCUT2D eigenvalue weighted by Crippen LogP contribution is 2.34. The Kier molecular flexibility index (Phi) is 8.58. The van der Waals surface area contributed by atoms with Crippen molar-refractivity contribution >= 4 is 29.9 Å². The summed E-state index contributed by atoms with van der Waals surface area (Å²) in [6, 6.07) is 7.86. The number of amides is 2. The number of rotatable bonds is 7. The van der Waals surface area contributed by atoms with E-state index in [1.54, 1.807) is 4.90 Å². The number of benzene rings is 1. The molecule has 0 spiro atoms. The summed E-state index contributed by atoms with van der Waals surface area (Å²) in [7, 11) is 0. The summed E-state index contributed by atoms with van der Waals surface area (Å²) < 4.78 is 5.68. The topological polar surface area (TPSA) is 61.9 Å². The highest BCUT2D eigenvalue weighted by Gasteiger charge is 2.39. The average Bonchev–Trinajstić information content (AvgIpc) is 3.08. The smallest absolute Gasteiger partial charge is 0.228 e. The van der Waals surface area contributed by atoms with Crippen LogP contribution in [-0.2, 0) is 9.59 Å². The number of hydrogen-bond acceptors (Lipinski definition) is 4. The predicted molar refractivity (Wildman–Crippen MR) is 113 cm³/mol. The molecular formula is C21H32ClN3O3. The van der Waals surface area contributed by atoms with Crippen LogP contribution >= 0.6 is 12.4 Å². The number of ether oxygens (including phenoxy) is 1. The second-order valence-corrected chi connectivity index (χ2v) is 7.32. The highest BCUT2D eigenvalue weighted by atomic mass is 35.5. The van der Waals surface area contributed by atoms with Gasteiger partial charge in [-0.15, -0.1) is 12.4 Å². The summed E-state index contributed by atoms with van der Waals surface area (Å²) in [4.78, 5) is 29.7. The van der Waals surface area contributed by atoms with Gasteiger partial charge < -0.3 is 19.9 Å². The van der Waals surface area contributed by atoms with Gasteiger partial charge in [-0.2, -0.15) is 0 Å². The molecule has 2 aliphatic rings. The number of piperidine rings is 1. The maximum absolute atomic E-state index is 13.3. The molecule has 1 N–H and O–H groups in total. The quantitative estimate of drug-likeness (QED) is 0.752. The highest BCUT2D eigenvalue weighted by molar-refractivity contribution is 6.01. The third-order valence-corrected chi connectivity index (χ3v) is 5.43. The summed E-state index contributed by atoms with van der Waals surface area (Å²) in [5, 5.41) is 3.36. The Morgan fingerprint density at radius 2 is 1.96 bits per heavy atom. The second-order valence-electron chi connectivity index (χ2n) is 7.32. The minimum absolute atomic E-state index is 0. The zero-order valence-corrected chi connectivity index (χ0v) is 17.7. The van der Waals surface area contributed by atoms with Crippen LogP contribution in [0.4, 0.5) is 5.69 Å². The maximum Gasteiger partial charge on any atom is 0.228 e. The van der Waals surface area contributed by atoms with Crippen LogP contribution in [0.5, 0.6) is 5.75 Å². The van der Waals surface area contributed by atoms with Crippen molar-refractivity contribution in [3.63, 3.8) is 0 Å². The number of hydrogen-bond donors (Lipinski definition) is 1. The van der Waals surface area contributed by atoms with E-state index < -0.39 is 0 Å². The van der Waals surface area contributed by atoms with Crippen molar-refractivity contribution in [2.75, 3.05) is 37.7 Å². The second kappa shape index (κ2) is 10.7. The molecule has 1 unspecified atom stereocenters. The molecule has 0 radical (unpaired) electrons. The molecule has 7 heteroatoms. The molecule has 2 heterocycles. The zero-order chi connectivity index (χ0) is 19.2. The standard InChI is InChI=1S/C21H31N3O3.ClH/c1-3-13-23(17-9-11-22-12-10-17)21(26)16-14-20(25)24(15-16)18-7-5-6-8-19(18)27-4-2;/h5-8,16-17,22H,3-4,9-15H2,1-2H3;1H. The Morgan fingerprint density at radius 1 is 1.25 bits per heavy atom. The van der Waals surface area contributed by atoms with Gasteiger partial charge in [0.1, 0.15) is 5.75 Å². The summed E-state index contributed by atoms with van der Waals surface area (Å²) in [6.07, 6.45) is 3.20. The van der Waals surface area contributed by atoms with Crippen LogP contribution in [0.15, 0.2) is 24.3 Å². The van der Waals surface area contributed by atoms with Crippen LogP contribution in [0.1, 0.15) is 39.5 Å². The van der Waals surface area contributed by atoms with Gasteiger partial charge in [0.15, 0.2) is 0 Å². The van der Waals surface area contributed by atoms with Gasteiger partial charge in [-0.3, -0.25) is 9.59 Å². The van der Waals surface area contributed by atoms with Crippen LogP contribution in [-0.4, -0.2) is 55.5 Å². The SMILES string of the molecule is CCCN(C(=O)C1CC(=O)N(c2ccccc2OCC)C1)C1CCNCC1.Cl. The van der Waals surface area contributed by atoms with E-state index in [1.807, 2.05) is 36.1 Å². The first-order chi connectivity index (χ1) is 13.2. The minimum atomic E-state index is -0.270. The van der Waals surface area contributed by atoms with E-state index in [-0.39, 0.29) is 36.6 Å². The molecule has 2 amide bonds. The van der Waals surface area contributed by atoms with E-state index in [2.05, 4.69) is 12.2 Å². The number of anilines is 1. The van der Waals surface area contributed by atoms with Crippen LogP contribution in [0.3, 0.4) is 0 Å². The van der Waals surface area contributed by atoms with Crippen LogP contribution < -0.4 is 15.0 Å². The van der Waals surface area contributed by atoms with Crippen molar-refractivity contribution in [3.05, 3.63) is 24.3 Å². The number of para-hydroxylation sites is 2. The summed E-state index contributed by atoms with van der Waals surface area (Å²) in [5.74, 6) is 0.564. The van der Waals surface area contributed by atoms with Gasteiger partial charge in [0.25, 0.3) is 0 Å². The molecule has 0 saturated carbocycles. The molecule has 156 valence electrons. The fourth-order valence-corrected chi connectivity index (χ4v) is 4.13. The molecule has 1 atom stereocenters. The average molecular weight is 410 g/mol. The molecule has 6 nitrogen and oxygen atoms in total. The van der Waals surface area contributed by atoms with E-state index >= 15 is 0 Å². The zero-order valence-electron chi connectivity index (χ0n) is 16.9. The lowest BCUT2D eigenvalue weighted by Gasteiger charge is -2.36. The third kappa shape index (κ3) is 4.97. The van der Waals surface area contributed by atoms with Gasteiger partial charge in [-0.25, -0.2) is 0 Å². The first-order valence-electron chi connectivity index (χ1n) is 10.2. The molecule has 2 saturated heterocycles.